The summed E-state index contributed by atoms with van der Waals surface area (Å²) in [6.45, 7) is 2.22. The van der Waals surface area contributed by atoms with E-state index in [1.807, 2.05) is 0 Å². The third-order valence-electron chi connectivity index (χ3n) is 2.48. The van der Waals surface area contributed by atoms with Crippen LogP contribution in [0.2, 0.25) is 0 Å². The Balaban J connectivity index is 0. The van der Waals surface area contributed by atoms with Crippen LogP contribution in [0.15, 0.2) is 0 Å². The first-order valence-electron chi connectivity index (χ1n) is 5.97. The van der Waals surface area contributed by atoms with Crippen LogP contribution in [-0.2, 0) is 32.5 Å². The monoisotopic (exact) mass is 401 g/mol. The van der Waals surface area contributed by atoms with Gasteiger partial charge in [-0.15, -0.1) is 0 Å². The van der Waals surface area contributed by atoms with Crippen molar-refractivity contribution < 1.29 is 37.6 Å². The van der Waals surface area contributed by atoms with E-state index in [1.165, 1.54) is 44.9 Å². The number of unbranched alkanes of at least 4 members (excludes halogenated alkanes) is 8. The fourth-order valence-corrected chi connectivity index (χ4v) is 1.58. The molecule has 0 rings (SSSR count). The molecule has 0 aromatic rings. The summed E-state index contributed by atoms with van der Waals surface area (Å²) in [5.41, 5.74) is 0. The largest absolute Gasteiger partial charge is 1.00 e. The van der Waals surface area contributed by atoms with Gasteiger partial charge in [-0.2, -0.15) is 0 Å². The summed E-state index contributed by atoms with van der Waals surface area (Å²) in [6, 6.07) is 0. The maximum atomic E-state index is 10.1. The molecular weight excluding hydrogens is 377 g/mol. The second-order valence-corrected chi connectivity index (χ2v) is 3.95. The van der Waals surface area contributed by atoms with Gasteiger partial charge in [-0.1, -0.05) is 58.3 Å². The molecule has 0 aromatic heterocycles. The maximum absolute atomic E-state index is 10.1. The fourth-order valence-electron chi connectivity index (χ4n) is 1.58. The fraction of sp³-hybridized carbons (Fsp3) is 0.917. The van der Waals surface area contributed by atoms with Crippen molar-refractivity contribution >= 4 is 5.97 Å². The average molecular weight is 400 g/mol. The Bertz CT molecular complexity index is 138. The van der Waals surface area contributed by atoms with Crippen LogP contribution in [0.25, 0.3) is 0 Å². The van der Waals surface area contributed by atoms with Crippen LogP contribution in [-0.4, -0.2) is 5.97 Å². The molecule has 0 aliphatic heterocycles. The molecule has 85 valence electrons. The molecule has 0 spiro atoms. The molecule has 0 N–H and O–H groups in total. The van der Waals surface area contributed by atoms with Crippen molar-refractivity contribution in [3.63, 3.8) is 0 Å². The molecule has 0 bridgehead atoms. The van der Waals surface area contributed by atoms with Gasteiger partial charge in [0.15, 0.2) is 0 Å². The zero-order valence-electron chi connectivity index (χ0n) is 10.1. The van der Waals surface area contributed by atoms with Crippen LogP contribution in [0.4, 0.5) is 0 Å². The number of aliphatic carboxylic acids is 1. The minimum atomic E-state index is -0.909. The van der Waals surface area contributed by atoms with Crippen molar-refractivity contribution in [2.75, 3.05) is 0 Å². The van der Waals surface area contributed by atoms with Crippen LogP contribution in [0.1, 0.15) is 71.1 Å². The standard InChI is InChI=1S/C12H24O2.Hg/c1-2-3-4-5-6-7-8-9-10-11-12(13)14;/h2-11H2,1H3,(H,13,14);/q;+1/p-1. The van der Waals surface area contributed by atoms with E-state index in [0.717, 1.165) is 12.8 Å². The Morgan fingerprint density at radius 1 is 0.867 bits per heavy atom. The molecule has 0 aliphatic carbocycles. The maximum Gasteiger partial charge on any atom is 1.00 e. The van der Waals surface area contributed by atoms with Gasteiger partial charge in [0.1, 0.15) is 0 Å². The zero-order valence-corrected chi connectivity index (χ0v) is 15.6. The predicted octanol–water partition coefficient (Wildman–Crippen LogP) is 2.65. The third-order valence-corrected chi connectivity index (χ3v) is 2.48. The van der Waals surface area contributed by atoms with E-state index in [4.69, 9.17) is 0 Å². The van der Waals surface area contributed by atoms with Crippen molar-refractivity contribution in [2.24, 2.45) is 0 Å². The van der Waals surface area contributed by atoms with Crippen LogP contribution in [0, 0.1) is 0 Å². The Kier molecular flexibility index (Phi) is 17.1. The van der Waals surface area contributed by atoms with Crippen LogP contribution in [0.3, 0.4) is 0 Å². The van der Waals surface area contributed by atoms with E-state index in [0.29, 0.717) is 0 Å². The molecular formula is C12H23HgO2. The Morgan fingerprint density at radius 3 is 1.67 bits per heavy atom. The molecule has 0 saturated heterocycles. The van der Waals surface area contributed by atoms with Crippen molar-refractivity contribution in [3.8, 4) is 0 Å². The van der Waals surface area contributed by atoms with E-state index < -0.39 is 5.97 Å². The molecule has 0 heterocycles. The number of carboxylic acid groups (broad SMARTS) is 1. The predicted molar refractivity (Wildman–Crippen MR) is 56.9 cm³/mol. The third kappa shape index (κ3) is 17.0. The molecule has 0 fully saturated rings. The van der Waals surface area contributed by atoms with E-state index in [1.54, 1.807) is 0 Å². The minimum absolute atomic E-state index is 0. The van der Waals surface area contributed by atoms with Gasteiger partial charge in [-0.25, -0.2) is 0 Å². The number of carboxylic acids is 1. The molecule has 15 heavy (non-hydrogen) atoms. The molecule has 0 aromatic carbocycles. The first-order valence-corrected chi connectivity index (χ1v) is 5.97. The van der Waals surface area contributed by atoms with Gasteiger partial charge >= 0.3 is 27.7 Å². The number of carbonyl (C=O) groups excluding carboxylic acids is 1. The van der Waals surface area contributed by atoms with E-state index in [9.17, 15) is 9.90 Å². The quantitative estimate of drug-likeness (QED) is 0.418. The summed E-state index contributed by atoms with van der Waals surface area (Å²) in [5, 5.41) is 10.1. The first kappa shape index (κ1) is 17.8. The Hall–Kier alpha value is 0.405. The smallest absolute Gasteiger partial charge is 0.550 e. The zero-order chi connectivity index (χ0) is 10.6. The summed E-state index contributed by atoms with van der Waals surface area (Å²) in [7, 11) is 0. The van der Waals surface area contributed by atoms with Crippen molar-refractivity contribution in [1.82, 2.24) is 0 Å². The van der Waals surface area contributed by atoms with E-state index in [-0.39, 0.29) is 34.1 Å². The second-order valence-electron chi connectivity index (χ2n) is 3.95. The second kappa shape index (κ2) is 14.4. The summed E-state index contributed by atoms with van der Waals surface area (Å²) in [5.74, 6) is -0.909. The first-order chi connectivity index (χ1) is 6.77. The van der Waals surface area contributed by atoms with Crippen LogP contribution in [0.5, 0.6) is 0 Å². The van der Waals surface area contributed by atoms with Gasteiger partial charge in [-0.05, 0) is 12.8 Å². The molecule has 1 radical (unpaired) electrons. The minimum Gasteiger partial charge on any atom is -0.550 e. The molecule has 0 unspecified atom stereocenters. The Morgan fingerprint density at radius 2 is 1.27 bits per heavy atom. The summed E-state index contributed by atoms with van der Waals surface area (Å²) >= 11 is 0. The topological polar surface area (TPSA) is 40.1 Å². The SMILES string of the molecule is CCCCCCCCCCCC(=O)[O-].[Hg+]. The van der Waals surface area contributed by atoms with Gasteiger partial charge in [0.05, 0.1) is 0 Å². The van der Waals surface area contributed by atoms with Gasteiger partial charge in [0.2, 0.25) is 0 Å². The Labute approximate surface area is 114 Å². The number of hydrogen-bond acceptors (Lipinski definition) is 2. The number of carbonyl (C=O) groups is 1. The normalized spacial score (nSPS) is 9.67. The van der Waals surface area contributed by atoms with E-state index in [2.05, 4.69) is 6.92 Å². The van der Waals surface area contributed by atoms with Crippen molar-refractivity contribution in [1.29, 1.82) is 0 Å². The summed E-state index contributed by atoms with van der Waals surface area (Å²) in [4.78, 5) is 10.1. The van der Waals surface area contributed by atoms with Crippen LogP contribution < -0.4 is 5.11 Å². The summed E-state index contributed by atoms with van der Waals surface area (Å²) in [6.07, 6.45) is 11.2. The van der Waals surface area contributed by atoms with Crippen LogP contribution >= 0.6 is 0 Å². The number of hydrogen-bond donors (Lipinski definition) is 0. The van der Waals surface area contributed by atoms with Gasteiger partial charge in [0, 0.05) is 5.97 Å². The molecule has 0 aliphatic rings. The molecule has 3 heteroatoms. The van der Waals surface area contributed by atoms with E-state index >= 15 is 0 Å². The molecule has 0 saturated carbocycles. The average Bonchev–Trinajstić information content (AvgIpc) is 2.15. The van der Waals surface area contributed by atoms with Gasteiger partial charge < -0.3 is 9.90 Å². The van der Waals surface area contributed by atoms with Crippen molar-refractivity contribution in [3.05, 3.63) is 0 Å². The number of rotatable bonds is 10. The molecule has 0 amide bonds. The molecule has 0 atom stereocenters. The van der Waals surface area contributed by atoms with Gasteiger partial charge in [-0.3, -0.25) is 0 Å². The van der Waals surface area contributed by atoms with Crippen molar-refractivity contribution in [2.45, 2.75) is 71.1 Å². The van der Waals surface area contributed by atoms with Gasteiger partial charge in [0.25, 0.3) is 0 Å². The summed E-state index contributed by atoms with van der Waals surface area (Å²) < 4.78 is 0. The molecule has 2 nitrogen and oxygen atoms in total.